The number of rotatable bonds is 11. The van der Waals surface area contributed by atoms with Gasteiger partial charge >= 0.3 is 0 Å². The molecule has 10 atom stereocenters. The molecule has 1 aromatic heterocycles. The summed E-state index contributed by atoms with van der Waals surface area (Å²) in [7, 11) is 9.08. The molecule has 101 heavy (non-hydrogen) atoms. The zero-order valence-corrected chi connectivity index (χ0v) is 62.1. The first kappa shape index (κ1) is 77.4. The number of aryl methyl sites for hydroxylation is 1. The minimum absolute atomic E-state index is 0.0909. The van der Waals surface area contributed by atoms with Gasteiger partial charge in [-0.05, 0) is 138 Å². The predicted octanol–water partition coefficient (Wildman–Crippen LogP) is 5.44. The lowest BCUT2D eigenvalue weighted by molar-refractivity contribution is -0.160. The fourth-order valence-electron chi connectivity index (χ4n) is 16.9. The Morgan fingerprint density at radius 2 is 1.28 bits per heavy atom. The molecule has 1 aromatic carbocycles. The molecule has 556 valence electrons. The van der Waals surface area contributed by atoms with E-state index in [-0.39, 0.29) is 62.9 Å². The van der Waals surface area contributed by atoms with Crippen molar-refractivity contribution >= 4 is 81.8 Å². The predicted molar refractivity (Wildman–Crippen MR) is 381 cm³/mol. The number of carbonyl (C=O) groups is 12. The van der Waals surface area contributed by atoms with Gasteiger partial charge in [0.2, 0.25) is 70.9 Å². The lowest BCUT2D eigenvalue weighted by atomic mass is 9.84. The maximum atomic E-state index is 15.8. The van der Waals surface area contributed by atoms with Crippen molar-refractivity contribution in [2.45, 2.75) is 255 Å². The van der Waals surface area contributed by atoms with Crippen molar-refractivity contribution in [3.05, 3.63) is 42.1 Å². The van der Waals surface area contributed by atoms with E-state index in [1.165, 1.54) is 67.4 Å². The smallest absolute Gasteiger partial charge is 0.248 e. The van der Waals surface area contributed by atoms with Gasteiger partial charge in [-0.25, -0.2) is 0 Å². The maximum absolute atomic E-state index is 15.8. The summed E-state index contributed by atoms with van der Waals surface area (Å²) in [5, 5.41) is 10.1. The molecule has 25 heteroatoms. The standard InChI is InChI=1S/C76H115N13O12/c1-12-49(4)64-73(99)82(7)50(5)68(94)89-42-35-58(89)71(97)84(9)60(45-51-25-15-13-16-26-51)70(96)81(6)47-62(90)78-55(34-32-52-31-33-53-29-23-38-77-56(53)44-52)69(95)88-41-24-30-57(88)67(93)80-76(36-19-20-37-76)75(101)86(11)65(54-27-17-18-28-54)74(100)85(10)61(72(98)87-39-21-14-22-40-87)46-63(91)83(8)59(43-48(2)3)66(92)79-64/h23,29,31,33,38,44,48-51,54-55,57-61,64-65H,12-22,24-28,30,32,34-37,39-43,45-47H2,1-11H3,(H,78,90)(H,79,92)(H,80,93)/t49-,50-,55-,57-,58-,59-,60-,61-,64-,65-/m0/s1. The Kier molecular flexibility index (Phi) is 26.4. The van der Waals surface area contributed by atoms with Crippen molar-refractivity contribution in [2.24, 2.45) is 23.7 Å². The van der Waals surface area contributed by atoms with E-state index in [2.05, 4.69) is 20.9 Å². The van der Waals surface area contributed by atoms with Gasteiger partial charge in [0, 0.05) is 80.0 Å². The summed E-state index contributed by atoms with van der Waals surface area (Å²) in [5.41, 5.74) is 0.119. The quantitative estimate of drug-likeness (QED) is 0.253. The number of carbonyl (C=O) groups excluding carboxylic acids is 12. The van der Waals surface area contributed by atoms with Crippen LogP contribution in [0.2, 0.25) is 0 Å². The van der Waals surface area contributed by atoms with E-state index in [1.54, 1.807) is 32.1 Å². The second-order valence-electron chi connectivity index (χ2n) is 31.0. The van der Waals surface area contributed by atoms with E-state index in [0.717, 1.165) is 80.7 Å². The van der Waals surface area contributed by atoms with Crippen molar-refractivity contribution in [3.8, 4) is 0 Å². The number of nitrogens with one attached hydrogen (secondary N) is 3. The van der Waals surface area contributed by atoms with Crippen LogP contribution in [0.15, 0.2) is 36.5 Å². The summed E-state index contributed by atoms with van der Waals surface area (Å²) in [5.74, 6) is -7.32. The third-order valence-corrected chi connectivity index (χ3v) is 23.7. The normalized spacial score (nSPS) is 28.4. The molecule has 0 unspecified atom stereocenters. The first-order valence-electron chi connectivity index (χ1n) is 37.9. The molecule has 2 aromatic rings. The highest BCUT2D eigenvalue weighted by atomic mass is 16.2. The molecule has 25 nitrogen and oxygen atoms in total. The highest BCUT2D eigenvalue weighted by Crippen LogP contribution is 2.38. The molecule has 5 heterocycles. The molecule has 3 aliphatic carbocycles. The second-order valence-corrected chi connectivity index (χ2v) is 31.0. The van der Waals surface area contributed by atoms with Crippen LogP contribution in [0, 0.1) is 23.7 Å². The Morgan fingerprint density at radius 1 is 0.614 bits per heavy atom. The fourth-order valence-corrected chi connectivity index (χ4v) is 16.9. The SMILES string of the molecule is CC[C@H](C)[C@@H]1NC(=O)[C@H](CC(C)C)N(C)C(=O)C[C@@H](C(=O)N2CCCCC2)N(C)C(=O)[C@H](C2CCCC2)N(C)C(=O)C2(CCCC2)NC(=O)[C@@H]2CCCN2C(=O)[C@H](CCc2ccc3cccnc3c2)NC(=O)CN(C)C(=O)[C@H](CC2CCCCC2)N(C)C(=O)[C@@H]2CCN2C(=O)[C@H](C)N(C)C1=O. The number of benzene rings is 1. The molecule has 4 saturated heterocycles. The van der Waals surface area contributed by atoms with Crippen molar-refractivity contribution in [3.63, 3.8) is 0 Å². The molecule has 1 spiro atoms. The van der Waals surface area contributed by atoms with Crippen LogP contribution in [0.25, 0.3) is 10.9 Å². The topological polar surface area (TPSA) is 283 Å². The van der Waals surface area contributed by atoms with Gasteiger partial charge in [-0.3, -0.25) is 62.5 Å². The zero-order chi connectivity index (χ0) is 73.1. The van der Waals surface area contributed by atoms with Gasteiger partial charge < -0.3 is 60.0 Å². The van der Waals surface area contributed by atoms with E-state index in [1.807, 2.05) is 58.0 Å². The van der Waals surface area contributed by atoms with Gasteiger partial charge in [0.1, 0.15) is 59.9 Å². The Morgan fingerprint density at radius 3 is 1.93 bits per heavy atom. The van der Waals surface area contributed by atoms with Gasteiger partial charge in [0.15, 0.2) is 0 Å². The van der Waals surface area contributed by atoms with Gasteiger partial charge in [-0.1, -0.05) is 110 Å². The number of hydrogen-bond acceptors (Lipinski definition) is 13. The maximum Gasteiger partial charge on any atom is 0.248 e. The third kappa shape index (κ3) is 17.8. The third-order valence-electron chi connectivity index (χ3n) is 23.7. The monoisotopic (exact) mass is 1400 g/mol. The molecule has 3 N–H and O–H groups in total. The van der Waals surface area contributed by atoms with E-state index in [4.69, 9.17) is 0 Å². The second kappa shape index (κ2) is 34.5. The van der Waals surface area contributed by atoms with E-state index in [9.17, 15) is 19.2 Å². The number of piperidine rings is 1. The molecule has 4 aliphatic heterocycles. The Balaban J connectivity index is 1.08. The summed E-state index contributed by atoms with van der Waals surface area (Å²) < 4.78 is 0. The van der Waals surface area contributed by atoms with Crippen LogP contribution in [0.5, 0.6) is 0 Å². The lowest BCUT2D eigenvalue weighted by Crippen LogP contribution is -2.65. The Labute approximate surface area is 597 Å². The highest BCUT2D eigenvalue weighted by Gasteiger charge is 2.52. The summed E-state index contributed by atoms with van der Waals surface area (Å²) in [6.45, 7) is 9.77. The van der Waals surface area contributed by atoms with Gasteiger partial charge in [0.25, 0.3) is 0 Å². The van der Waals surface area contributed by atoms with Gasteiger partial charge in [-0.15, -0.1) is 0 Å². The number of likely N-dealkylation sites (tertiary alicyclic amines) is 1. The number of aromatic nitrogens is 1. The largest absolute Gasteiger partial charge is 0.343 e. The molecule has 9 rings (SSSR count). The lowest BCUT2D eigenvalue weighted by Gasteiger charge is -2.45. The van der Waals surface area contributed by atoms with Crippen molar-refractivity contribution in [1.82, 2.24) is 65.0 Å². The molecular formula is C76H115N13O12. The first-order valence-corrected chi connectivity index (χ1v) is 37.9. The fraction of sp³-hybridized carbons (Fsp3) is 0.724. The highest BCUT2D eigenvalue weighted by molar-refractivity contribution is 6.01. The van der Waals surface area contributed by atoms with Crippen LogP contribution in [-0.4, -0.2) is 255 Å². The molecule has 7 aliphatic rings. The Hall–Kier alpha value is -7.73. The van der Waals surface area contributed by atoms with Crippen molar-refractivity contribution in [1.29, 1.82) is 0 Å². The minimum Gasteiger partial charge on any atom is -0.343 e. The number of nitrogens with zero attached hydrogens (tertiary/aromatic N) is 10. The van der Waals surface area contributed by atoms with Crippen LogP contribution in [0.3, 0.4) is 0 Å². The average Bonchev–Trinajstić information content (AvgIpc) is 1.76. The van der Waals surface area contributed by atoms with Crippen molar-refractivity contribution < 1.29 is 57.5 Å². The number of pyridine rings is 1. The summed E-state index contributed by atoms with van der Waals surface area (Å²) >= 11 is 0. The molecule has 12 amide bonds. The summed E-state index contributed by atoms with van der Waals surface area (Å²) in [6, 6.07) is -0.529. The summed E-state index contributed by atoms with van der Waals surface area (Å²) in [6.07, 6.45) is 15.0. The number of fused-ring (bicyclic) bond motifs is 3. The van der Waals surface area contributed by atoms with E-state index >= 15 is 38.4 Å². The average molecular weight is 1400 g/mol. The van der Waals surface area contributed by atoms with Crippen LogP contribution in [0.1, 0.15) is 194 Å². The Bertz CT molecular complexity index is 3340. The van der Waals surface area contributed by atoms with Gasteiger partial charge in [0.05, 0.1) is 18.5 Å². The number of amides is 12. The number of likely N-dealkylation sites (N-methyl/N-ethyl adjacent to an activating group) is 6. The number of hydrogen-bond donors (Lipinski definition) is 3. The molecule has 7 fully saturated rings. The van der Waals surface area contributed by atoms with Crippen LogP contribution in [-0.2, 0) is 64.0 Å². The van der Waals surface area contributed by atoms with E-state index < -0.39 is 150 Å². The molecule has 0 bridgehead atoms. The van der Waals surface area contributed by atoms with Crippen molar-refractivity contribution in [2.75, 3.05) is 75.0 Å². The zero-order valence-electron chi connectivity index (χ0n) is 62.1. The van der Waals surface area contributed by atoms with Gasteiger partial charge in [-0.2, -0.15) is 0 Å². The minimum atomic E-state index is -1.48. The van der Waals surface area contributed by atoms with Crippen LogP contribution in [0.4, 0.5) is 0 Å². The van der Waals surface area contributed by atoms with Crippen LogP contribution >= 0.6 is 0 Å². The molecule has 3 saturated carbocycles. The van der Waals surface area contributed by atoms with E-state index in [0.29, 0.717) is 70.9 Å². The molecule has 0 radical (unpaired) electrons. The molecular weight excluding hydrogens is 1290 g/mol. The summed E-state index contributed by atoms with van der Waals surface area (Å²) in [4.78, 5) is 199. The van der Waals surface area contributed by atoms with Crippen LogP contribution < -0.4 is 16.0 Å². The first-order chi connectivity index (χ1) is 48.2.